The van der Waals surface area contributed by atoms with E-state index in [4.69, 9.17) is 14.2 Å². The minimum Gasteiger partial charge on any atom is -0.493 e. The van der Waals surface area contributed by atoms with Crippen LogP contribution in [0.25, 0.3) is 0 Å². The first-order chi connectivity index (χ1) is 12.3. The molecule has 0 atom stereocenters. The van der Waals surface area contributed by atoms with Crippen molar-refractivity contribution >= 4 is 15.9 Å². The number of sulfonamides is 1. The Kier molecular flexibility index (Phi) is 6.06. The van der Waals surface area contributed by atoms with Crippen LogP contribution in [-0.2, 0) is 10.0 Å². The van der Waals surface area contributed by atoms with Gasteiger partial charge in [-0.15, -0.1) is 4.83 Å². The molecular weight excluding hydrogens is 360 g/mol. The van der Waals surface area contributed by atoms with Gasteiger partial charge in [-0.05, 0) is 31.2 Å². The van der Waals surface area contributed by atoms with Gasteiger partial charge in [0.05, 0.1) is 26.2 Å². The molecule has 0 aliphatic carbocycles. The minimum atomic E-state index is -3.89. The number of carbonyl (C=O) groups excluding carboxylic acids is 1. The molecule has 9 heteroatoms. The highest BCUT2D eigenvalue weighted by atomic mass is 32.2. The van der Waals surface area contributed by atoms with Crippen LogP contribution in [0.3, 0.4) is 0 Å². The predicted molar refractivity (Wildman–Crippen MR) is 95.1 cm³/mol. The quantitative estimate of drug-likeness (QED) is 0.708. The van der Waals surface area contributed by atoms with Crippen molar-refractivity contribution in [3.8, 4) is 17.2 Å². The van der Waals surface area contributed by atoms with Gasteiger partial charge in [-0.2, -0.15) is 0 Å². The third kappa shape index (κ3) is 4.24. The van der Waals surface area contributed by atoms with Crippen LogP contribution >= 0.6 is 0 Å². The molecule has 26 heavy (non-hydrogen) atoms. The van der Waals surface area contributed by atoms with Crippen LogP contribution in [0, 0.1) is 6.92 Å². The number of nitrogens with one attached hydrogen (secondary N) is 2. The Morgan fingerprint density at radius 1 is 0.923 bits per heavy atom. The van der Waals surface area contributed by atoms with Crippen LogP contribution in [0.1, 0.15) is 15.9 Å². The van der Waals surface area contributed by atoms with Crippen molar-refractivity contribution in [1.82, 2.24) is 10.3 Å². The molecule has 2 rings (SSSR count). The number of carbonyl (C=O) groups is 1. The summed E-state index contributed by atoms with van der Waals surface area (Å²) in [5, 5.41) is 0. The van der Waals surface area contributed by atoms with Crippen LogP contribution in [-0.4, -0.2) is 35.7 Å². The number of ether oxygens (including phenoxy) is 3. The highest BCUT2D eigenvalue weighted by Gasteiger charge is 2.19. The fourth-order valence-corrected chi connectivity index (χ4v) is 3.01. The molecule has 0 heterocycles. The lowest BCUT2D eigenvalue weighted by molar-refractivity contribution is 0.0944. The van der Waals surface area contributed by atoms with Crippen LogP contribution < -0.4 is 24.5 Å². The van der Waals surface area contributed by atoms with E-state index in [1.165, 1.54) is 45.6 Å². The van der Waals surface area contributed by atoms with Gasteiger partial charge in [-0.25, -0.2) is 8.42 Å². The Hall–Kier alpha value is -2.78. The second-order valence-electron chi connectivity index (χ2n) is 5.29. The lowest BCUT2D eigenvalue weighted by Gasteiger charge is -2.14. The Balaban J connectivity index is 2.21. The normalized spacial score (nSPS) is 10.9. The number of benzene rings is 2. The predicted octanol–water partition coefficient (Wildman–Crippen LogP) is 1.64. The molecule has 2 aromatic carbocycles. The van der Waals surface area contributed by atoms with E-state index in [0.717, 1.165) is 5.56 Å². The Morgan fingerprint density at radius 2 is 1.46 bits per heavy atom. The van der Waals surface area contributed by atoms with E-state index in [1.807, 2.05) is 6.92 Å². The van der Waals surface area contributed by atoms with Gasteiger partial charge in [0.25, 0.3) is 15.9 Å². The molecule has 8 nitrogen and oxygen atoms in total. The molecule has 0 saturated carbocycles. The SMILES string of the molecule is COc1cc(C(=O)NNS(=O)(=O)c2ccc(C)cc2)cc(OC)c1OC. The molecule has 0 aliphatic rings. The fourth-order valence-electron chi connectivity index (χ4n) is 2.17. The van der Waals surface area contributed by atoms with Gasteiger partial charge in [-0.1, -0.05) is 17.7 Å². The zero-order valence-electron chi connectivity index (χ0n) is 14.8. The summed E-state index contributed by atoms with van der Waals surface area (Å²) >= 11 is 0. The first-order valence-corrected chi connectivity index (χ1v) is 8.99. The van der Waals surface area contributed by atoms with Crippen molar-refractivity contribution in [3.05, 3.63) is 47.5 Å². The number of hydrazine groups is 1. The summed E-state index contributed by atoms with van der Waals surface area (Å²) in [6.45, 7) is 1.84. The molecule has 0 radical (unpaired) electrons. The van der Waals surface area contributed by atoms with Gasteiger partial charge >= 0.3 is 0 Å². The van der Waals surface area contributed by atoms with Crippen molar-refractivity contribution in [2.24, 2.45) is 0 Å². The number of amides is 1. The van der Waals surface area contributed by atoms with Crippen LogP contribution in [0.2, 0.25) is 0 Å². The van der Waals surface area contributed by atoms with Crippen LogP contribution in [0.5, 0.6) is 17.2 Å². The van der Waals surface area contributed by atoms with E-state index < -0.39 is 15.9 Å². The number of aryl methyl sites for hydroxylation is 1. The topological polar surface area (TPSA) is 103 Å². The maximum Gasteiger partial charge on any atom is 0.266 e. The smallest absolute Gasteiger partial charge is 0.266 e. The molecule has 0 bridgehead atoms. The lowest BCUT2D eigenvalue weighted by Crippen LogP contribution is -2.41. The largest absolute Gasteiger partial charge is 0.493 e. The molecule has 2 N–H and O–H groups in total. The highest BCUT2D eigenvalue weighted by Crippen LogP contribution is 2.38. The monoisotopic (exact) mass is 380 g/mol. The summed E-state index contributed by atoms with van der Waals surface area (Å²) in [5.41, 5.74) is 3.22. The molecular formula is C17H20N2O6S. The highest BCUT2D eigenvalue weighted by molar-refractivity contribution is 7.89. The zero-order chi connectivity index (χ0) is 19.3. The molecule has 2 aromatic rings. The molecule has 1 amide bonds. The number of rotatable bonds is 7. The summed E-state index contributed by atoms with van der Waals surface area (Å²) in [7, 11) is 0.378. The molecule has 0 spiro atoms. The first kappa shape index (κ1) is 19.5. The lowest BCUT2D eigenvalue weighted by atomic mass is 10.1. The van der Waals surface area contributed by atoms with E-state index >= 15 is 0 Å². The van der Waals surface area contributed by atoms with Gasteiger partial charge in [0, 0.05) is 5.56 Å². The van der Waals surface area contributed by atoms with E-state index in [0.29, 0.717) is 5.75 Å². The van der Waals surface area contributed by atoms with Crippen molar-refractivity contribution in [2.75, 3.05) is 21.3 Å². The minimum absolute atomic E-state index is 0.0355. The molecule has 140 valence electrons. The zero-order valence-corrected chi connectivity index (χ0v) is 15.6. The first-order valence-electron chi connectivity index (χ1n) is 7.51. The summed E-state index contributed by atoms with van der Waals surface area (Å²) in [6.07, 6.45) is 0. The molecule has 0 fully saturated rings. The summed E-state index contributed by atoms with van der Waals surface area (Å²) in [4.78, 5) is 14.4. The average Bonchev–Trinajstić information content (AvgIpc) is 2.65. The van der Waals surface area contributed by atoms with Gasteiger partial charge < -0.3 is 14.2 Å². The molecule has 0 aromatic heterocycles. The molecule has 0 aliphatic heterocycles. The number of methoxy groups -OCH3 is 3. The van der Waals surface area contributed by atoms with Gasteiger partial charge in [0.15, 0.2) is 11.5 Å². The van der Waals surface area contributed by atoms with E-state index in [9.17, 15) is 13.2 Å². The second kappa shape index (κ2) is 8.07. The standard InChI is InChI=1S/C17H20N2O6S/c1-11-5-7-13(8-6-11)26(21,22)19-18-17(20)12-9-14(23-2)16(25-4)15(10-12)24-3/h5-10,19H,1-4H3,(H,18,20). The fraction of sp³-hybridized carbons (Fsp3) is 0.235. The Bertz CT molecular complexity index is 869. The maximum atomic E-state index is 12.3. The Labute approximate surface area is 152 Å². The van der Waals surface area contributed by atoms with Crippen molar-refractivity contribution in [3.63, 3.8) is 0 Å². The van der Waals surface area contributed by atoms with Gasteiger partial charge in [-0.3, -0.25) is 10.2 Å². The van der Waals surface area contributed by atoms with Crippen LogP contribution in [0.4, 0.5) is 0 Å². The van der Waals surface area contributed by atoms with Crippen molar-refractivity contribution < 1.29 is 27.4 Å². The third-order valence-electron chi connectivity index (χ3n) is 3.56. The van der Waals surface area contributed by atoms with Crippen molar-refractivity contribution in [2.45, 2.75) is 11.8 Å². The third-order valence-corrected chi connectivity index (χ3v) is 4.82. The molecule has 0 saturated heterocycles. The number of hydrogen-bond donors (Lipinski definition) is 2. The van der Waals surface area contributed by atoms with Crippen molar-refractivity contribution in [1.29, 1.82) is 0 Å². The molecule has 0 unspecified atom stereocenters. The average molecular weight is 380 g/mol. The summed E-state index contributed by atoms with van der Waals surface area (Å²) in [6, 6.07) is 9.05. The van der Waals surface area contributed by atoms with E-state index in [-0.39, 0.29) is 22.0 Å². The summed E-state index contributed by atoms with van der Waals surface area (Å²) < 4.78 is 40.0. The Morgan fingerprint density at radius 3 is 1.92 bits per heavy atom. The number of hydrogen-bond acceptors (Lipinski definition) is 6. The second-order valence-corrected chi connectivity index (χ2v) is 6.97. The van der Waals surface area contributed by atoms with Gasteiger partial charge in [0.1, 0.15) is 0 Å². The summed E-state index contributed by atoms with van der Waals surface area (Å²) in [5.74, 6) is 0.198. The van der Waals surface area contributed by atoms with E-state index in [2.05, 4.69) is 10.3 Å². The van der Waals surface area contributed by atoms with E-state index in [1.54, 1.807) is 12.1 Å². The maximum absolute atomic E-state index is 12.3. The van der Waals surface area contributed by atoms with Crippen LogP contribution in [0.15, 0.2) is 41.3 Å². The van der Waals surface area contributed by atoms with Gasteiger partial charge in [0.2, 0.25) is 5.75 Å².